The largest absolute Gasteiger partial charge is 0.416 e. The summed E-state index contributed by atoms with van der Waals surface area (Å²) in [6.07, 6.45) is -1.14. The Labute approximate surface area is 245 Å². The molecule has 2 aliphatic rings. The van der Waals surface area contributed by atoms with Gasteiger partial charge in [0.25, 0.3) is 5.91 Å². The Morgan fingerprint density at radius 1 is 0.929 bits per heavy atom. The fourth-order valence-electron chi connectivity index (χ4n) is 5.93. The fourth-order valence-corrected chi connectivity index (χ4v) is 6.81. The molecule has 0 radical (unpaired) electrons. The first kappa shape index (κ1) is 30.1. The number of nitrogens with zero attached hydrogens (tertiary/aromatic N) is 2. The van der Waals surface area contributed by atoms with Gasteiger partial charge in [-0.15, -0.1) is 0 Å². The van der Waals surface area contributed by atoms with Gasteiger partial charge < -0.3 is 15.1 Å². The number of nitrogens with one attached hydrogen (secondary N) is 1. The van der Waals surface area contributed by atoms with Crippen molar-refractivity contribution in [2.45, 2.75) is 55.8 Å². The number of halogens is 3. The molecule has 42 heavy (non-hydrogen) atoms. The fraction of sp³-hybridized carbons (Fsp3) is 0.406. The van der Waals surface area contributed by atoms with Gasteiger partial charge >= 0.3 is 6.18 Å². The van der Waals surface area contributed by atoms with Gasteiger partial charge in [-0.3, -0.25) is 4.79 Å². The van der Waals surface area contributed by atoms with Crippen molar-refractivity contribution in [3.8, 4) is 0 Å². The molecule has 3 aromatic rings. The molecule has 0 spiro atoms. The number of likely N-dealkylation sites (tertiary alicyclic amines) is 1. The van der Waals surface area contributed by atoms with Crippen LogP contribution in [0.25, 0.3) is 0 Å². The Hall–Kier alpha value is -3.37. The number of hydrogen-bond acceptors (Lipinski definition) is 5. The Balaban J connectivity index is 1.25. The first-order valence-electron chi connectivity index (χ1n) is 14.4. The second kappa shape index (κ2) is 12.5. The Morgan fingerprint density at radius 3 is 2.17 bits per heavy atom. The van der Waals surface area contributed by atoms with Gasteiger partial charge in [-0.25, -0.2) is 8.42 Å². The van der Waals surface area contributed by atoms with E-state index in [1.165, 1.54) is 25.0 Å². The maximum absolute atomic E-state index is 13.1. The summed E-state index contributed by atoms with van der Waals surface area (Å²) in [7, 11) is -3.27. The van der Waals surface area contributed by atoms with Gasteiger partial charge in [0, 0.05) is 42.8 Å². The van der Waals surface area contributed by atoms with E-state index in [-0.39, 0.29) is 35.1 Å². The molecule has 0 saturated carbocycles. The van der Waals surface area contributed by atoms with Crippen LogP contribution in [0.5, 0.6) is 0 Å². The molecule has 2 fully saturated rings. The molecule has 0 aromatic heterocycles. The van der Waals surface area contributed by atoms with Gasteiger partial charge in [0.05, 0.1) is 16.2 Å². The van der Waals surface area contributed by atoms with Crippen molar-refractivity contribution in [1.82, 2.24) is 10.2 Å². The van der Waals surface area contributed by atoms with Gasteiger partial charge in [-0.05, 0) is 92.0 Å². The third-order valence-corrected chi connectivity index (χ3v) is 10.1. The molecule has 224 valence electrons. The lowest BCUT2D eigenvalue weighted by molar-refractivity contribution is -0.137. The monoisotopic (exact) mass is 599 g/mol. The number of amides is 1. The highest BCUT2D eigenvalue weighted by Crippen LogP contribution is 2.37. The second-order valence-corrected chi connectivity index (χ2v) is 13.4. The quantitative estimate of drug-likeness (QED) is 0.332. The summed E-state index contributed by atoms with van der Waals surface area (Å²) in [6, 6.07) is 19.7. The van der Waals surface area contributed by atoms with E-state index >= 15 is 0 Å². The molecule has 2 atom stereocenters. The van der Waals surface area contributed by atoms with Crippen molar-refractivity contribution in [2.75, 3.05) is 36.8 Å². The number of carbonyl (C=O) groups is 1. The lowest BCUT2D eigenvalue weighted by atomic mass is 9.95. The number of benzene rings is 3. The molecule has 0 aliphatic carbocycles. The topological polar surface area (TPSA) is 69.7 Å². The van der Waals surface area contributed by atoms with Crippen LogP contribution in [0.3, 0.4) is 0 Å². The predicted octanol–water partition coefficient (Wildman–Crippen LogP) is 5.89. The molecule has 0 bridgehead atoms. The summed E-state index contributed by atoms with van der Waals surface area (Å²) >= 11 is 0. The van der Waals surface area contributed by atoms with Crippen molar-refractivity contribution in [1.29, 1.82) is 0 Å². The number of rotatable bonds is 9. The van der Waals surface area contributed by atoms with E-state index in [4.69, 9.17) is 0 Å². The lowest BCUT2D eigenvalue weighted by Crippen LogP contribution is -2.39. The number of sulfone groups is 1. The van der Waals surface area contributed by atoms with E-state index < -0.39 is 21.6 Å². The zero-order valence-electron chi connectivity index (χ0n) is 23.6. The summed E-state index contributed by atoms with van der Waals surface area (Å²) in [5.41, 5.74) is 2.57. The maximum Gasteiger partial charge on any atom is 0.416 e. The Bertz CT molecular complexity index is 1470. The van der Waals surface area contributed by atoms with Gasteiger partial charge in [-0.2, -0.15) is 13.2 Å². The van der Waals surface area contributed by atoms with E-state index in [2.05, 4.69) is 15.1 Å². The van der Waals surface area contributed by atoms with E-state index in [9.17, 15) is 26.4 Å². The van der Waals surface area contributed by atoms with E-state index in [1.54, 1.807) is 55.5 Å². The summed E-state index contributed by atoms with van der Waals surface area (Å²) in [5.74, 6) is -0.0865. The van der Waals surface area contributed by atoms with Crippen LogP contribution in [0.1, 0.15) is 59.2 Å². The highest BCUT2D eigenvalue weighted by atomic mass is 32.2. The molecule has 1 amide bonds. The average molecular weight is 600 g/mol. The minimum atomic E-state index is -4.35. The summed E-state index contributed by atoms with van der Waals surface area (Å²) in [5, 5.41) is 2.89. The van der Waals surface area contributed by atoms with E-state index in [0.717, 1.165) is 42.9 Å². The highest BCUT2D eigenvalue weighted by Gasteiger charge is 2.36. The van der Waals surface area contributed by atoms with Crippen molar-refractivity contribution in [2.24, 2.45) is 0 Å². The lowest BCUT2D eigenvalue weighted by Gasteiger charge is -2.30. The third-order valence-electron chi connectivity index (χ3n) is 8.37. The Kier molecular flexibility index (Phi) is 8.94. The van der Waals surface area contributed by atoms with Crippen molar-refractivity contribution in [3.63, 3.8) is 0 Å². The van der Waals surface area contributed by atoms with Gasteiger partial charge in [-0.1, -0.05) is 31.2 Å². The minimum Gasteiger partial charge on any atom is -0.367 e. The molecular weight excluding hydrogens is 563 g/mol. The summed E-state index contributed by atoms with van der Waals surface area (Å²) in [6.45, 7) is 5.59. The maximum atomic E-state index is 13.1. The molecule has 2 aliphatic heterocycles. The Morgan fingerprint density at radius 2 is 1.57 bits per heavy atom. The highest BCUT2D eigenvalue weighted by molar-refractivity contribution is 7.91. The molecule has 2 heterocycles. The predicted molar refractivity (Wildman–Crippen MR) is 157 cm³/mol. The first-order chi connectivity index (χ1) is 20.0. The first-order valence-corrected chi connectivity index (χ1v) is 16.0. The van der Waals surface area contributed by atoms with Crippen LogP contribution in [-0.4, -0.2) is 57.2 Å². The summed E-state index contributed by atoms with van der Waals surface area (Å²) < 4.78 is 63.3. The van der Waals surface area contributed by atoms with Crippen LogP contribution in [0.15, 0.2) is 77.7 Å². The number of alkyl halides is 3. The molecular formula is C32H36F3N3O3S. The van der Waals surface area contributed by atoms with Crippen LogP contribution < -0.4 is 10.2 Å². The molecule has 1 N–H and O–H groups in total. The minimum absolute atomic E-state index is 0.0330. The zero-order valence-corrected chi connectivity index (χ0v) is 24.4. The van der Waals surface area contributed by atoms with Gasteiger partial charge in [0.15, 0.2) is 9.84 Å². The van der Waals surface area contributed by atoms with E-state index in [1.807, 2.05) is 12.1 Å². The van der Waals surface area contributed by atoms with Crippen LogP contribution in [0.2, 0.25) is 0 Å². The number of hydrogen-bond donors (Lipinski definition) is 1. The van der Waals surface area contributed by atoms with Crippen molar-refractivity contribution >= 4 is 21.4 Å². The third kappa shape index (κ3) is 6.98. The molecule has 1 unspecified atom stereocenters. The number of anilines is 1. The van der Waals surface area contributed by atoms with Crippen molar-refractivity contribution in [3.05, 3.63) is 95.1 Å². The van der Waals surface area contributed by atoms with Crippen LogP contribution in [-0.2, 0) is 22.6 Å². The van der Waals surface area contributed by atoms with E-state index in [0.29, 0.717) is 12.1 Å². The smallest absolute Gasteiger partial charge is 0.367 e. The van der Waals surface area contributed by atoms with Crippen LogP contribution in [0.4, 0.5) is 18.9 Å². The second-order valence-electron chi connectivity index (χ2n) is 11.1. The molecule has 2 saturated heterocycles. The standard InChI is InChI=1S/C32H36F3N3O3S/c1-2-42(40,41)30-15-5-23(6-16-30)20-36-31(39)25-9-13-28(14-10-25)38-21-26(19-29(38)22-37-17-3-4-18-37)24-7-11-27(12-8-24)32(33,34)35/h5-16,26,29H,2-4,17-22H2,1H3,(H,36,39)/t26?,29-/m0/s1. The molecule has 5 rings (SSSR count). The van der Waals surface area contributed by atoms with Crippen molar-refractivity contribution < 1.29 is 26.4 Å². The normalized spacial score (nSPS) is 19.8. The van der Waals surface area contributed by atoms with Gasteiger partial charge in [0.1, 0.15) is 0 Å². The molecule has 3 aromatic carbocycles. The molecule has 10 heteroatoms. The SMILES string of the molecule is CCS(=O)(=O)c1ccc(CNC(=O)c2ccc(N3CC(c4ccc(C(F)(F)F)cc4)C[C@H]3CN3CCCC3)cc2)cc1. The zero-order chi connectivity index (χ0) is 29.9. The average Bonchev–Trinajstić information content (AvgIpc) is 3.66. The summed E-state index contributed by atoms with van der Waals surface area (Å²) in [4.78, 5) is 17.9. The van der Waals surface area contributed by atoms with Crippen LogP contribution >= 0.6 is 0 Å². The molecule has 6 nitrogen and oxygen atoms in total. The number of carbonyl (C=O) groups excluding carboxylic acids is 1. The van der Waals surface area contributed by atoms with Crippen LogP contribution in [0, 0.1) is 0 Å². The van der Waals surface area contributed by atoms with Gasteiger partial charge in [0.2, 0.25) is 0 Å².